The number of hydrogen-bond acceptors (Lipinski definition) is 6. The molecule has 4 N–H and O–H groups in total. The normalized spacial score (nSPS) is 13.3. The molecule has 0 aromatic heterocycles. The number of carbonyl (C=O) groups excluding carboxylic acids is 1. The topological polar surface area (TPSA) is 153 Å². The number of rotatable bonds is 5. The fraction of sp³-hybridized carbons (Fsp3) is 0.417. The molecule has 1 aromatic rings. The summed E-state index contributed by atoms with van der Waals surface area (Å²) in [6.45, 7) is -0.613. The molecule has 0 aliphatic carbocycles. The van der Waals surface area contributed by atoms with E-state index < -0.39 is 23.4 Å². The van der Waals surface area contributed by atoms with Crippen molar-refractivity contribution < 1.29 is 28.8 Å². The van der Waals surface area contributed by atoms with Gasteiger partial charge in [-0.15, -0.1) is 0 Å². The summed E-state index contributed by atoms with van der Waals surface area (Å²) >= 11 is 4.20. The van der Waals surface area contributed by atoms with Crippen molar-refractivity contribution in [3.05, 3.63) is 39.9 Å². The predicted molar refractivity (Wildman–Crippen MR) is 83.9 cm³/mol. The van der Waals surface area contributed by atoms with Gasteiger partial charge in [0.05, 0.1) is 11.5 Å². The second-order valence-corrected chi connectivity index (χ2v) is 6.98. The highest BCUT2D eigenvalue weighted by Crippen LogP contribution is 2.39. The molecule has 0 saturated carbocycles. The Bertz CT molecular complexity index is 577. The lowest BCUT2D eigenvalue weighted by molar-refractivity contribution is -0.384. The van der Waals surface area contributed by atoms with Crippen molar-refractivity contribution in [2.75, 3.05) is 6.61 Å². The first kappa shape index (κ1) is 21.5. The van der Waals surface area contributed by atoms with Crippen LogP contribution in [-0.2, 0) is 20.5 Å². The standard InChI is InChI=1S/C12H16N2O4.ClH2O3P/c1-3-18-11(15)12(2,13)8-9-4-6-10(7-5-9)14(16)17;1-5(2,3)4/h4-7H,3,8,13H2,1-2H3;(H2,2,3,4). The van der Waals surface area contributed by atoms with Crippen LogP contribution in [0.4, 0.5) is 5.69 Å². The van der Waals surface area contributed by atoms with E-state index in [9.17, 15) is 14.9 Å². The van der Waals surface area contributed by atoms with Crippen LogP contribution in [0.25, 0.3) is 0 Å². The number of nitrogens with zero attached hydrogens (tertiary/aromatic N) is 1. The quantitative estimate of drug-likeness (QED) is 0.307. The molecule has 1 rings (SSSR count). The van der Waals surface area contributed by atoms with Gasteiger partial charge in [0.1, 0.15) is 5.54 Å². The third kappa shape index (κ3) is 9.98. The van der Waals surface area contributed by atoms with E-state index >= 15 is 0 Å². The maximum atomic E-state index is 11.6. The molecule has 0 fully saturated rings. The van der Waals surface area contributed by atoms with Gasteiger partial charge in [0.15, 0.2) is 0 Å². The number of nitrogens with two attached hydrogens (primary N) is 1. The van der Waals surface area contributed by atoms with Crippen molar-refractivity contribution in [1.29, 1.82) is 0 Å². The zero-order valence-electron chi connectivity index (χ0n) is 12.5. The van der Waals surface area contributed by atoms with Gasteiger partial charge in [0, 0.05) is 29.8 Å². The molecular formula is C12H18ClN2O7P. The molecule has 9 nitrogen and oxygen atoms in total. The first-order chi connectivity index (χ1) is 10.4. The molecule has 1 atom stereocenters. The number of halogens is 1. The number of ether oxygens (including phenoxy) is 1. The molecule has 0 saturated heterocycles. The van der Waals surface area contributed by atoms with Crippen molar-refractivity contribution >= 4 is 29.8 Å². The van der Waals surface area contributed by atoms with E-state index in [1.54, 1.807) is 26.0 Å². The summed E-state index contributed by atoms with van der Waals surface area (Å²) in [6, 6.07) is 5.94. The minimum atomic E-state index is -4.17. The Kier molecular flexibility index (Phi) is 8.36. The van der Waals surface area contributed by atoms with E-state index in [0.29, 0.717) is 0 Å². The van der Waals surface area contributed by atoms with E-state index in [1.165, 1.54) is 12.1 Å². The fourth-order valence-electron chi connectivity index (χ4n) is 1.53. The minimum Gasteiger partial charge on any atom is -0.465 e. The highest BCUT2D eigenvalue weighted by Gasteiger charge is 2.30. The number of nitro benzene ring substituents is 1. The highest BCUT2D eigenvalue weighted by molar-refractivity contribution is 7.79. The number of nitro groups is 1. The minimum absolute atomic E-state index is 0.00797. The van der Waals surface area contributed by atoms with Gasteiger partial charge in [0.25, 0.3) is 5.69 Å². The van der Waals surface area contributed by atoms with Gasteiger partial charge in [-0.2, -0.15) is 0 Å². The van der Waals surface area contributed by atoms with E-state index in [1.807, 2.05) is 0 Å². The first-order valence-corrected chi connectivity index (χ1v) is 8.83. The van der Waals surface area contributed by atoms with Crippen molar-refractivity contribution in [2.24, 2.45) is 5.73 Å². The molecule has 0 aliphatic heterocycles. The van der Waals surface area contributed by atoms with E-state index in [2.05, 4.69) is 11.2 Å². The van der Waals surface area contributed by atoms with Crippen LogP contribution in [0.15, 0.2) is 24.3 Å². The van der Waals surface area contributed by atoms with Crippen LogP contribution in [0.2, 0.25) is 0 Å². The summed E-state index contributed by atoms with van der Waals surface area (Å²) in [5, 5.41) is 10.5. The summed E-state index contributed by atoms with van der Waals surface area (Å²) in [5.41, 5.74) is 5.49. The molecule has 11 heteroatoms. The molecule has 0 bridgehead atoms. The predicted octanol–water partition coefficient (Wildman–Crippen LogP) is 1.74. The average Bonchev–Trinajstić information content (AvgIpc) is 2.37. The monoisotopic (exact) mass is 368 g/mol. The summed E-state index contributed by atoms with van der Waals surface area (Å²) < 4.78 is 14.0. The van der Waals surface area contributed by atoms with Gasteiger partial charge < -0.3 is 20.3 Å². The molecule has 1 unspecified atom stereocenters. The van der Waals surface area contributed by atoms with Crippen LogP contribution in [0, 0.1) is 10.1 Å². The molecule has 0 radical (unpaired) electrons. The molecule has 1 aromatic carbocycles. The van der Waals surface area contributed by atoms with Gasteiger partial charge >= 0.3 is 12.9 Å². The maximum Gasteiger partial charge on any atom is 0.419 e. The van der Waals surface area contributed by atoms with Crippen LogP contribution >= 0.6 is 18.2 Å². The van der Waals surface area contributed by atoms with Gasteiger partial charge in [-0.25, -0.2) is 4.57 Å². The zero-order chi connectivity index (χ0) is 18.3. The number of non-ortho nitro benzene ring substituents is 1. The lowest BCUT2D eigenvalue weighted by Crippen LogP contribution is -2.48. The Morgan fingerprint density at radius 2 is 1.87 bits per heavy atom. The van der Waals surface area contributed by atoms with Gasteiger partial charge in [0.2, 0.25) is 0 Å². The van der Waals surface area contributed by atoms with Crippen molar-refractivity contribution in [3.63, 3.8) is 0 Å². The first-order valence-electron chi connectivity index (χ1n) is 6.31. The van der Waals surface area contributed by atoms with Crippen LogP contribution in [0.1, 0.15) is 19.4 Å². The Hall–Kier alpha value is -1.51. The second kappa shape index (κ2) is 8.95. The van der Waals surface area contributed by atoms with Crippen LogP contribution < -0.4 is 5.73 Å². The van der Waals surface area contributed by atoms with Gasteiger partial charge in [-0.1, -0.05) is 12.1 Å². The van der Waals surface area contributed by atoms with Gasteiger partial charge in [-0.3, -0.25) is 14.9 Å². The molecular weight excluding hydrogens is 351 g/mol. The molecule has 130 valence electrons. The van der Waals surface area contributed by atoms with Crippen molar-refractivity contribution in [2.45, 2.75) is 25.8 Å². The third-order valence-electron chi connectivity index (χ3n) is 2.46. The number of hydrogen-bond donors (Lipinski definition) is 3. The SMILES string of the molecule is CCOC(=O)C(C)(N)Cc1ccc([N+](=O)[O-])cc1.O=P(O)(O)Cl. The molecule has 0 amide bonds. The molecule has 0 aliphatic rings. The summed E-state index contributed by atoms with van der Waals surface area (Å²) in [6.07, 6.45) is 0.268. The summed E-state index contributed by atoms with van der Waals surface area (Å²) in [4.78, 5) is 36.4. The number of esters is 1. The van der Waals surface area contributed by atoms with E-state index in [4.69, 9.17) is 24.8 Å². The molecule has 0 spiro atoms. The van der Waals surface area contributed by atoms with Crippen molar-refractivity contribution in [1.82, 2.24) is 0 Å². The fourth-order valence-corrected chi connectivity index (χ4v) is 1.53. The van der Waals surface area contributed by atoms with Crippen LogP contribution in [-0.4, -0.2) is 32.8 Å². The summed E-state index contributed by atoms with van der Waals surface area (Å²) in [7, 11) is 0. The lowest BCUT2D eigenvalue weighted by Gasteiger charge is -2.22. The molecule has 23 heavy (non-hydrogen) atoms. The second-order valence-electron chi connectivity index (χ2n) is 4.71. The smallest absolute Gasteiger partial charge is 0.419 e. The Morgan fingerprint density at radius 3 is 2.22 bits per heavy atom. The Balaban J connectivity index is 0.000000841. The van der Waals surface area contributed by atoms with E-state index in [-0.39, 0.29) is 18.7 Å². The zero-order valence-corrected chi connectivity index (χ0v) is 14.2. The molecule has 0 heterocycles. The highest BCUT2D eigenvalue weighted by atomic mass is 35.7. The maximum absolute atomic E-state index is 11.6. The Labute approximate surface area is 137 Å². The van der Waals surface area contributed by atoms with Crippen LogP contribution in [0.3, 0.4) is 0 Å². The van der Waals surface area contributed by atoms with Crippen LogP contribution in [0.5, 0.6) is 0 Å². The number of benzene rings is 1. The summed E-state index contributed by atoms with van der Waals surface area (Å²) in [5.74, 6) is -0.483. The average molecular weight is 369 g/mol. The third-order valence-corrected chi connectivity index (χ3v) is 2.46. The largest absolute Gasteiger partial charge is 0.465 e. The lowest BCUT2D eigenvalue weighted by atomic mass is 9.94. The number of carbonyl (C=O) groups is 1. The Morgan fingerprint density at radius 1 is 1.43 bits per heavy atom. The van der Waals surface area contributed by atoms with E-state index in [0.717, 1.165) is 5.56 Å². The van der Waals surface area contributed by atoms with Crippen molar-refractivity contribution in [3.8, 4) is 0 Å². The van der Waals surface area contributed by atoms with Gasteiger partial charge in [-0.05, 0) is 19.4 Å².